The maximum atomic E-state index is 13.6. The molecule has 1 amide bonds. The minimum absolute atomic E-state index is 0.232. The second-order valence-corrected chi connectivity index (χ2v) is 7.43. The van der Waals surface area contributed by atoms with Crippen LogP contribution in [0.25, 0.3) is 0 Å². The predicted molar refractivity (Wildman–Crippen MR) is 121 cm³/mol. The van der Waals surface area contributed by atoms with E-state index in [9.17, 15) is 14.4 Å². The normalized spacial score (nSPS) is 11.7. The van der Waals surface area contributed by atoms with Gasteiger partial charge in [-0.05, 0) is 51.5 Å². The van der Waals surface area contributed by atoms with E-state index in [-0.39, 0.29) is 24.8 Å². The summed E-state index contributed by atoms with van der Waals surface area (Å²) >= 11 is 0. The van der Waals surface area contributed by atoms with E-state index in [0.717, 1.165) is 0 Å². The molecule has 1 atom stereocenters. The van der Waals surface area contributed by atoms with Gasteiger partial charge >= 0.3 is 5.97 Å². The van der Waals surface area contributed by atoms with Crippen molar-refractivity contribution in [3.05, 3.63) is 52.3 Å². The number of ketones is 1. The van der Waals surface area contributed by atoms with Crippen LogP contribution >= 0.6 is 0 Å². The molecule has 1 aromatic carbocycles. The van der Waals surface area contributed by atoms with Crippen LogP contribution < -0.4 is 4.74 Å². The number of Topliss-reactive ketones (excluding diaryl/α,β-unsaturated/α-hetero) is 1. The van der Waals surface area contributed by atoms with Crippen molar-refractivity contribution in [2.75, 3.05) is 34.5 Å². The second-order valence-electron chi connectivity index (χ2n) is 7.43. The average Bonchev–Trinajstić information content (AvgIpc) is 3.06. The number of esters is 1. The first-order valence-electron chi connectivity index (χ1n) is 10.5. The van der Waals surface area contributed by atoms with Crippen LogP contribution in [0.15, 0.2) is 24.3 Å². The largest absolute Gasteiger partial charge is 0.497 e. The fourth-order valence-electron chi connectivity index (χ4n) is 3.95. The summed E-state index contributed by atoms with van der Waals surface area (Å²) in [6.45, 7) is 8.13. The molecule has 2 aromatic rings. The quantitative estimate of drug-likeness (QED) is 0.413. The van der Waals surface area contributed by atoms with Gasteiger partial charge in [0, 0.05) is 37.0 Å². The average molecular weight is 445 g/mol. The van der Waals surface area contributed by atoms with Crippen LogP contribution in [0.3, 0.4) is 0 Å². The van der Waals surface area contributed by atoms with Crippen molar-refractivity contribution >= 4 is 17.7 Å². The molecule has 8 nitrogen and oxygen atoms in total. The molecule has 0 fully saturated rings. The molecule has 32 heavy (non-hydrogen) atoms. The third-order valence-electron chi connectivity index (χ3n) is 5.67. The molecule has 0 aliphatic carbocycles. The molecule has 0 bridgehead atoms. The number of carbonyl (C=O) groups is 3. The Morgan fingerprint density at radius 3 is 2.38 bits per heavy atom. The van der Waals surface area contributed by atoms with E-state index in [4.69, 9.17) is 14.2 Å². The van der Waals surface area contributed by atoms with E-state index < -0.39 is 12.0 Å². The van der Waals surface area contributed by atoms with E-state index in [1.807, 2.05) is 6.92 Å². The standard InChI is InChI=1S/C24H32N2O6/c1-8-25-16(3)20(15(2)21(25)24(29)32-7)22(27)17(4)26(12-13-30-5)23(28)18-10-9-11-19(14-18)31-6/h9-11,14,17H,8,12-13H2,1-7H3. The number of methoxy groups -OCH3 is 3. The minimum atomic E-state index is -0.778. The number of aromatic nitrogens is 1. The van der Waals surface area contributed by atoms with Crippen molar-refractivity contribution in [1.29, 1.82) is 0 Å². The predicted octanol–water partition coefficient (Wildman–Crippen LogP) is 3.28. The SMILES string of the molecule is CCn1c(C)c(C(=O)C(C)N(CCOC)C(=O)c2cccc(OC)c2)c(C)c1C(=O)OC. The summed E-state index contributed by atoms with van der Waals surface area (Å²) < 4.78 is 17.1. The summed E-state index contributed by atoms with van der Waals surface area (Å²) in [6, 6.07) is 6.02. The van der Waals surface area contributed by atoms with Crippen molar-refractivity contribution in [3.63, 3.8) is 0 Å². The van der Waals surface area contributed by atoms with Crippen molar-refractivity contribution in [1.82, 2.24) is 9.47 Å². The highest BCUT2D eigenvalue weighted by molar-refractivity contribution is 6.07. The topological polar surface area (TPSA) is 87.1 Å². The zero-order valence-electron chi connectivity index (χ0n) is 19.9. The van der Waals surface area contributed by atoms with Crippen LogP contribution in [0.2, 0.25) is 0 Å². The number of benzene rings is 1. The molecule has 8 heteroatoms. The second kappa shape index (κ2) is 10.9. The van der Waals surface area contributed by atoms with Crippen LogP contribution in [-0.2, 0) is 16.0 Å². The molecule has 0 aliphatic rings. The summed E-state index contributed by atoms with van der Waals surface area (Å²) in [6.07, 6.45) is 0. The Bertz CT molecular complexity index is 995. The zero-order chi connectivity index (χ0) is 24.0. The summed E-state index contributed by atoms with van der Waals surface area (Å²) in [5, 5.41) is 0. The van der Waals surface area contributed by atoms with E-state index in [1.165, 1.54) is 19.1 Å². The lowest BCUT2D eigenvalue weighted by Gasteiger charge is -2.28. The lowest BCUT2D eigenvalue weighted by atomic mass is 9.99. The summed E-state index contributed by atoms with van der Waals surface area (Å²) in [7, 11) is 4.38. The van der Waals surface area contributed by atoms with E-state index >= 15 is 0 Å². The Balaban J connectivity index is 2.49. The Morgan fingerprint density at radius 2 is 1.81 bits per heavy atom. The molecule has 1 unspecified atom stereocenters. The first kappa shape index (κ1) is 25.1. The van der Waals surface area contributed by atoms with Gasteiger partial charge in [-0.2, -0.15) is 0 Å². The Kier molecular flexibility index (Phi) is 8.60. The Labute approximate surface area is 189 Å². The highest BCUT2D eigenvalue weighted by Crippen LogP contribution is 2.26. The zero-order valence-corrected chi connectivity index (χ0v) is 19.9. The smallest absolute Gasteiger partial charge is 0.354 e. The lowest BCUT2D eigenvalue weighted by molar-refractivity contribution is 0.0562. The highest BCUT2D eigenvalue weighted by Gasteiger charge is 2.33. The number of carbonyl (C=O) groups excluding carboxylic acids is 3. The molecular formula is C24H32N2O6. The molecule has 0 aliphatic heterocycles. The first-order chi connectivity index (χ1) is 15.2. The summed E-state index contributed by atoms with van der Waals surface area (Å²) in [5.41, 5.74) is 2.41. The van der Waals surface area contributed by atoms with Gasteiger partial charge in [-0.25, -0.2) is 4.79 Å². The number of hydrogen-bond acceptors (Lipinski definition) is 6. The van der Waals surface area contributed by atoms with Gasteiger partial charge in [0.15, 0.2) is 5.78 Å². The monoisotopic (exact) mass is 444 g/mol. The maximum Gasteiger partial charge on any atom is 0.354 e. The van der Waals surface area contributed by atoms with Crippen molar-refractivity contribution in [3.8, 4) is 5.75 Å². The Morgan fingerprint density at radius 1 is 1.12 bits per heavy atom. The van der Waals surface area contributed by atoms with Gasteiger partial charge in [0.1, 0.15) is 11.4 Å². The van der Waals surface area contributed by atoms with Crippen LogP contribution in [0, 0.1) is 13.8 Å². The van der Waals surface area contributed by atoms with Crippen LogP contribution in [0.1, 0.15) is 56.3 Å². The highest BCUT2D eigenvalue weighted by atomic mass is 16.5. The van der Waals surface area contributed by atoms with Crippen LogP contribution in [0.5, 0.6) is 5.75 Å². The molecule has 1 aromatic heterocycles. The fourth-order valence-corrected chi connectivity index (χ4v) is 3.95. The van der Waals surface area contributed by atoms with Gasteiger partial charge in [0.25, 0.3) is 5.91 Å². The summed E-state index contributed by atoms with van der Waals surface area (Å²) in [5.74, 6) is -0.497. The molecule has 1 heterocycles. The first-order valence-corrected chi connectivity index (χ1v) is 10.5. The van der Waals surface area contributed by atoms with Gasteiger partial charge < -0.3 is 23.7 Å². The Hall–Kier alpha value is -3.13. The molecule has 0 saturated heterocycles. The van der Waals surface area contributed by atoms with E-state index in [0.29, 0.717) is 40.4 Å². The van der Waals surface area contributed by atoms with Crippen LogP contribution in [0.4, 0.5) is 0 Å². The van der Waals surface area contributed by atoms with Crippen molar-refractivity contribution in [2.45, 2.75) is 40.3 Å². The van der Waals surface area contributed by atoms with Crippen molar-refractivity contribution < 1.29 is 28.6 Å². The molecule has 0 saturated carbocycles. The number of amides is 1. The third kappa shape index (κ3) is 4.85. The molecular weight excluding hydrogens is 412 g/mol. The van der Waals surface area contributed by atoms with Crippen LogP contribution in [-0.4, -0.2) is 67.6 Å². The number of hydrogen-bond donors (Lipinski definition) is 0. The van der Waals surface area contributed by atoms with Gasteiger partial charge in [0.05, 0.1) is 26.9 Å². The molecule has 2 rings (SSSR count). The van der Waals surface area contributed by atoms with Gasteiger partial charge in [-0.1, -0.05) is 6.07 Å². The van der Waals surface area contributed by atoms with Gasteiger partial charge in [-0.3, -0.25) is 9.59 Å². The van der Waals surface area contributed by atoms with Gasteiger partial charge in [0.2, 0.25) is 0 Å². The van der Waals surface area contributed by atoms with Crippen molar-refractivity contribution in [2.24, 2.45) is 0 Å². The van der Waals surface area contributed by atoms with E-state index in [1.54, 1.807) is 56.7 Å². The fraction of sp³-hybridized carbons (Fsp3) is 0.458. The number of nitrogens with zero attached hydrogens (tertiary/aromatic N) is 2. The molecule has 0 spiro atoms. The number of ether oxygens (including phenoxy) is 3. The minimum Gasteiger partial charge on any atom is -0.497 e. The lowest BCUT2D eigenvalue weighted by Crippen LogP contribution is -2.45. The van der Waals surface area contributed by atoms with Gasteiger partial charge in [-0.15, -0.1) is 0 Å². The maximum absolute atomic E-state index is 13.6. The number of rotatable bonds is 10. The molecule has 174 valence electrons. The molecule has 0 N–H and O–H groups in total. The summed E-state index contributed by atoms with van der Waals surface area (Å²) in [4.78, 5) is 40.8. The third-order valence-corrected chi connectivity index (χ3v) is 5.67. The molecule has 0 radical (unpaired) electrons. The van der Waals surface area contributed by atoms with E-state index in [2.05, 4.69) is 0 Å².